The van der Waals surface area contributed by atoms with Crippen LogP contribution in [-0.2, 0) is 23.9 Å². The first-order chi connectivity index (χ1) is 15.5. The molecule has 3 aliphatic rings. The topological polar surface area (TPSA) is 152 Å². The molecule has 0 bridgehead atoms. The van der Waals surface area contributed by atoms with Crippen molar-refractivity contribution in [2.24, 2.45) is 16.7 Å². The molecule has 4 N–H and O–H groups in total. The molecule has 2 saturated carbocycles. The number of nitrogens with one attached hydrogen (secondary N) is 1. The van der Waals surface area contributed by atoms with Crippen molar-refractivity contribution in [3.63, 3.8) is 0 Å². The monoisotopic (exact) mass is 483 g/mol. The molecule has 10 heteroatoms. The van der Waals surface area contributed by atoms with Gasteiger partial charge in [-0.3, -0.25) is 4.79 Å². The second kappa shape index (κ2) is 8.29. The molecule has 1 amide bonds. The van der Waals surface area contributed by atoms with E-state index in [0.29, 0.717) is 12.8 Å². The number of aliphatic hydroxyl groups excluding tert-OH is 2. The van der Waals surface area contributed by atoms with E-state index in [4.69, 9.17) is 9.47 Å². The predicted molar refractivity (Wildman–Crippen MR) is 119 cm³/mol. The Bertz CT molecular complexity index is 890. The molecule has 1 aliphatic heterocycles. The highest BCUT2D eigenvalue weighted by Gasteiger charge is 2.81. The van der Waals surface area contributed by atoms with Gasteiger partial charge in [0.15, 0.2) is 17.5 Å². The highest BCUT2D eigenvalue weighted by atomic mass is 16.7. The second-order valence-corrected chi connectivity index (χ2v) is 11.1. The van der Waals surface area contributed by atoms with Crippen LogP contribution in [0.15, 0.2) is 12.7 Å². The highest BCUT2D eigenvalue weighted by Crippen LogP contribution is 2.67. The van der Waals surface area contributed by atoms with Gasteiger partial charge in [0, 0.05) is 24.2 Å². The minimum Gasteiger partial charge on any atom is -0.438 e. The van der Waals surface area contributed by atoms with Crippen LogP contribution in [0.3, 0.4) is 0 Å². The van der Waals surface area contributed by atoms with E-state index in [9.17, 15) is 29.7 Å². The number of amides is 1. The number of ketones is 1. The number of carbonyl (C=O) groups is 3. The molecule has 8 unspecified atom stereocenters. The summed E-state index contributed by atoms with van der Waals surface area (Å²) in [5.74, 6) is -2.17. The number of carbonyl (C=O) groups excluding carboxylic acids is 3. The SMILES string of the molecule is C=CC1(C)CC(=O)C2(O)C(C)(O1)C(OC(=O)NOC(=O)CC)C(O)C1C(C)(C)CCC(O)C12C. The minimum absolute atomic E-state index is 0.00556. The summed E-state index contributed by atoms with van der Waals surface area (Å²) >= 11 is 0. The van der Waals surface area contributed by atoms with Gasteiger partial charge in [0.05, 0.1) is 17.8 Å². The van der Waals surface area contributed by atoms with Gasteiger partial charge in [-0.2, -0.15) is 0 Å². The lowest BCUT2D eigenvalue weighted by Crippen LogP contribution is -2.86. The van der Waals surface area contributed by atoms with Crippen molar-refractivity contribution in [1.82, 2.24) is 5.48 Å². The summed E-state index contributed by atoms with van der Waals surface area (Å²) in [7, 11) is 0. The third-order valence-electron chi connectivity index (χ3n) is 8.50. The summed E-state index contributed by atoms with van der Waals surface area (Å²) in [4.78, 5) is 42.4. The van der Waals surface area contributed by atoms with Gasteiger partial charge in [0.2, 0.25) is 0 Å². The van der Waals surface area contributed by atoms with Crippen LogP contribution in [0.1, 0.15) is 67.2 Å². The molecule has 0 aromatic rings. The zero-order valence-corrected chi connectivity index (χ0v) is 20.7. The Hall–Kier alpha value is -2.01. The lowest BCUT2D eigenvalue weighted by atomic mass is 9.40. The van der Waals surface area contributed by atoms with Gasteiger partial charge < -0.3 is 29.6 Å². The van der Waals surface area contributed by atoms with Gasteiger partial charge in [0.25, 0.3) is 0 Å². The van der Waals surface area contributed by atoms with Gasteiger partial charge in [-0.05, 0) is 32.1 Å². The average Bonchev–Trinajstić information content (AvgIpc) is 2.75. The van der Waals surface area contributed by atoms with Crippen LogP contribution >= 0.6 is 0 Å². The molecule has 0 radical (unpaired) electrons. The smallest absolute Gasteiger partial charge is 0.438 e. The lowest BCUT2D eigenvalue weighted by Gasteiger charge is -2.71. The van der Waals surface area contributed by atoms with E-state index in [1.807, 2.05) is 19.3 Å². The number of hydrogen-bond acceptors (Lipinski definition) is 9. The number of hydrogen-bond donors (Lipinski definition) is 4. The molecule has 8 atom stereocenters. The third kappa shape index (κ3) is 3.49. The molecular formula is C24H37NO9. The third-order valence-corrected chi connectivity index (χ3v) is 8.50. The summed E-state index contributed by atoms with van der Waals surface area (Å²) in [5, 5.41) is 35.1. The second-order valence-electron chi connectivity index (χ2n) is 11.1. The van der Waals surface area contributed by atoms with E-state index in [0.717, 1.165) is 0 Å². The van der Waals surface area contributed by atoms with Crippen LogP contribution in [0.2, 0.25) is 0 Å². The molecule has 192 valence electrons. The van der Waals surface area contributed by atoms with Crippen molar-refractivity contribution in [3.05, 3.63) is 12.7 Å². The molecule has 10 nitrogen and oxygen atoms in total. The molecule has 3 fully saturated rings. The Kier molecular flexibility index (Phi) is 6.48. The zero-order chi connectivity index (χ0) is 25.9. The largest absolute Gasteiger partial charge is 0.441 e. The van der Waals surface area contributed by atoms with Gasteiger partial charge in [-0.1, -0.05) is 33.8 Å². The number of Topliss-reactive ketones (excluding diaryl/α,β-unsaturated/α-hetero) is 1. The maximum absolute atomic E-state index is 13.7. The van der Waals surface area contributed by atoms with Crippen LogP contribution in [-0.4, -0.2) is 68.3 Å². The molecule has 3 rings (SSSR count). The molecule has 1 saturated heterocycles. The van der Waals surface area contributed by atoms with Gasteiger partial charge in [0.1, 0.15) is 5.60 Å². The fourth-order valence-electron chi connectivity index (χ4n) is 6.79. The summed E-state index contributed by atoms with van der Waals surface area (Å²) in [6.07, 6.45) is -3.32. The van der Waals surface area contributed by atoms with Crippen molar-refractivity contribution in [2.45, 2.75) is 102 Å². The first-order valence-electron chi connectivity index (χ1n) is 11.7. The molecule has 0 aromatic heterocycles. The van der Waals surface area contributed by atoms with E-state index in [1.54, 1.807) is 13.8 Å². The van der Waals surface area contributed by atoms with E-state index >= 15 is 0 Å². The van der Waals surface area contributed by atoms with Crippen molar-refractivity contribution >= 4 is 17.8 Å². The Morgan fingerprint density at radius 1 is 1.24 bits per heavy atom. The maximum atomic E-state index is 13.7. The first kappa shape index (κ1) is 26.6. The number of rotatable bonds is 3. The fraction of sp³-hybridized carbons (Fsp3) is 0.792. The lowest BCUT2D eigenvalue weighted by molar-refractivity contribution is -0.369. The van der Waals surface area contributed by atoms with Gasteiger partial charge in [-0.25, -0.2) is 9.59 Å². The molecule has 1 heterocycles. The number of fused-ring (bicyclic) bond motifs is 3. The number of hydroxylamine groups is 1. The van der Waals surface area contributed by atoms with Crippen molar-refractivity contribution in [1.29, 1.82) is 0 Å². The van der Waals surface area contributed by atoms with Gasteiger partial charge in [-0.15, -0.1) is 12.1 Å². The van der Waals surface area contributed by atoms with E-state index in [2.05, 4.69) is 11.4 Å². The molecule has 2 aliphatic carbocycles. The van der Waals surface area contributed by atoms with E-state index in [-0.39, 0.29) is 12.8 Å². The van der Waals surface area contributed by atoms with Crippen LogP contribution in [0.5, 0.6) is 0 Å². The van der Waals surface area contributed by atoms with Crippen molar-refractivity contribution in [3.8, 4) is 0 Å². The number of ether oxygens (including phenoxy) is 2. The Morgan fingerprint density at radius 3 is 2.41 bits per heavy atom. The molecule has 0 aromatic carbocycles. The standard InChI is InChI=1S/C24H37NO9/c1-8-15(28)33-25-19(30)32-18-16(29)17-20(3,4)11-10-13(26)22(17,6)24(31)14(27)12-21(5,9-2)34-23(18,24)7/h9,13,16-18,26,29,31H,2,8,10-12H2,1,3-7H3,(H,25,30). The van der Waals surface area contributed by atoms with Crippen LogP contribution in [0, 0.1) is 16.7 Å². The zero-order valence-electron chi connectivity index (χ0n) is 20.7. The van der Waals surface area contributed by atoms with Crippen molar-refractivity contribution < 1.29 is 44.0 Å². The van der Waals surface area contributed by atoms with Crippen LogP contribution < -0.4 is 5.48 Å². The van der Waals surface area contributed by atoms with E-state index in [1.165, 1.54) is 19.9 Å². The molecular weight excluding hydrogens is 446 g/mol. The summed E-state index contributed by atoms with van der Waals surface area (Å²) < 4.78 is 11.8. The Balaban J connectivity index is 2.17. The average molecular weight is 484 g/mol. The highest BCUT2D eigenvalue weighted by molar-refractivity contribution is 5.92. The predicted octanol–water partition coefficient (Wildman–Crippen LogP) is 1.55. The summed E-state index contributed by atoms with van der Waals surface area (Å²) in [6.45, 7) is 13.6. The first-order valence-corrected chi connectivity index (χ1v) is 11.7. The molecule has 0 spiro atoms. The van der Waals surface area contributed by atoms with Crippen LogP contribution in [0.4, 0.5) is 4.79 Å². The van der Waals surface area contributed by atoms with Crippen LogP contribution in [0.25, 0.3) is 0 Å². The quantitative estimate of drug-likeness (QED) is 0.346. The Labute approximate surface area is 199 Å². The molecule has 34 heavy (non-hydrogen) atoms. The van der Waals surface area contributed by atoms with Gasteiger partial charge >= 0.3 is 12.1 Å². The maximum Gasteiger partial charge on any atom is 0.441 e. The normalized spacial score (nSPS) is 45.4. The fourth-order valence-corrected chi connectivity index (χ4v) is 6.79. The minimum atomic E-state index is -2.32. The van der Waals surface area contributed by atoms with Crippen molar-refractivity contribution in [2.75, 3.05) is 0 Å². The summed E-state index contributed by atoms with van der Waals surface area (Å²) in [5.41, 5.74) is -5.83. The Morgan fingerprint density at radius 2 is 1.85 bits per heavy atom. The van der Waals surface area contributed by atoms with E-state index < -0.39 is 69.7 Å². The summed E-state index contributed by atoms with van der Waals surface area (Å²) in [6, 6.07) is 0. The number of aliphatic hydroxyl groups is 3.